The van der Waals surface area contributed by atoms with Crippen LogP contribution in [0.1, 0.15) is 23.7 Å². The van der Waals surface area contributed by atoms with E-state index in [0.29, 0.717) is 34.5 Å². The van der Waals surface area contributed by atoms with Crippen LogP contribution >= 0.6 is 11.8 Å². The summed E-state index contributed by atoms with van der Waals surface area (Å²) in [7, 11) is 0. The minimum atomic E-state index is -0.376. The third kappa shape index (κ3) is 5.59. The van der Waals surface area contributed by atoms with E-state index in [1.165, 1.54) is 24.0 Å². The molecule has 4 rings (SSSR count). The number of hydrogen-bond acceptors (Lipinski definition) is 6. The molecule has 0 unspecified atom stereocenters. The first-order valence-electron chi connectivity index (χ1n) is 10.1. The Hall–Kier alpha value is -3.52. The molecule has 0 saturated carbocycles. The van der Waals surface area contributed by atoms with E-state index < -0.39 is 0 Å². The number of carbonyl (C=O) groups is 1. The van der Waals surface area contributed by atoms with E-state index in [0.717, 1.165) is 16.3 Å². The highest BCUT2D eigenvalue weighted by molar-refractivity contribution is 7.99. The third-order valence-electron chi connectivity index (χ3n) is 4.57. The lowest BCUT2D eigenvalue weighted by atomic mass is 10.2. The topological polar surface area (TPSA) is 80.9 Å². The number of hydrogen-bond donors (Lipinski definition) is 1. The van der Waals surface area contributed by atoms with E-state index in [-0.39, 0.29) is 18.1 Å². The molecule has 2 aromatic carbocycles. The summed E-state index contributed by atoms with van der Waals surface area (Å²) in [5.74, 6) is 0.199. The lowest BCUT2D eigenvalue weighted by Gasteiger charge is -2.06. The summed E-state index contributed by atoms with van der Waals surface area (Å²) in [5.41, 5.74) is 2.90. The second-order valence-corrected chi connectivity index (χ2v) is 8.25. The molecule has 4 aromatic rings. The predicted molar refractivity (Wildman–Crippen MR) is 121 cm³/mol. The fourth-order valence-corrected chi connectivity index (χ4v) is 3.97. The first kappa shape index (κ1) is 21.7. The second-order valence-electron chi connectivity index (χ2n) is 7.21. The predicted octanol–water partition coefficient (Wildman–Crippen LogP) is 5.61. The Morgan fingerprint density at radius 2 is 1.78 bits per heavy atom. The zero-order chi connectivity index (χ0) is 22.5. The van der Waals surface area contributed by atoms with Crippen molar-refractivity contribution in [2.75, 3.05) is 5.32 Å². The maximum absolute atomic E-state index is 13.9. The molecule has 0 aliphatic rings. The van der Waals surface area contributed by atoms with Crippen molar-refractivity contribution in [3.05, 3.63) is 83.9 Å². The fraction of sp³-hybridized carbons (Fsp3) is 0.167. The molecular formula is C24H21FN4O2S. The van der Waals surface area contributed by atoms with Gasteiger partial charge < -0.3 is 9.73 Å². The summed E-state index contributed by atoms with van der Waals surface area (Å²) in [6, 6.07) is 15.8. The number of benzene rings is 2. The molecule has 0 atom stereocenters. The normalized spacial score (nSPS) is 10.8. The number of aryl methyl sites for hydroxylation is 3. The second kappa shape index (κ2) is 9.74. The largest absolute Gasteiger partial charge is 0.441 e. The van der Waals surface area contributed by atoms with Crippen molar-refractivity contribution in [2.45, 2.75) is 36.7 Å². The van der Waals surface area contributed by atoms with Crippen LogP contribution in [0.2, 0.25) is 0 Å². The summed E-state index contributed by atoms with van der Waals surface area (Å²) in [4.78, 5) is 26.3. The number of amides is 1. The van der Waals surface area contributed by atoms with E-state index >= 15 is 0 Å². The summed E-state index contributed by atoms with van der Waals surface area (Å²) in [6.45, 7) is 3.88. The van der Waals surface area contributed by atoms with Gasteiger partial charge in [-0.05, 0) is 68.1 Å². The molecule has 6 nitrogen and oxygen atoms in total. The van der Waals surface area contributed by atoms with Crippen molar-refractivity contribution in [1.82, 2.24) is 15.0 Å². The van der Waals surface area contributed by atoms with E-state index in [1.807, 2.05) is 44.2 Å². The van der Waals surface area contributed by atoms with Gasteiger partial charge in [-0.15, -0.1) is 0 Å². The van der Waals surface area contributed by atoms with Crippen molar-refractivity contribution >= 4 is 23.4 Å². The van der Waals surface area contributed by atoms with Crippen LogP contribution in [0.25, 0.3) is 11.3 Å². The minimum absolute atomic E-state index is 0.159. The number of nitrogens with one attached hydrogen (secondary N) is 1. The van der Waals surface area contributed by atoms with Crippen molar-refractivity contribution < 1.29 is 13.6 Å². The Morgan fingerprint density at radius 1 is 1.06 bits per heavy atom. The van der Waals surface area contributed by atoms with Crippen molar-refractivity contribution in [3.63, 3.8) is 0 Å². The molecule has 1 N–H and O–H groups in total. The summed E-state index contributed by atoms with van der Waals surface area (Å²) < 4.78 is 19.5. The molecule has 0 spiro atoms. The summed E-state index contributed by atoms with van der Waals surface area (Å²) >= 11 is 1.47. The van der Waals surface area contributed by atoms with Crippen LogP contribution in [0.3, 0.4) is 0 Å². The van der Waals surface area contributed by atoms with E-state index in [9.17, 15) is 9.18 Å². The van der Waals surface area contributed by atoms with E-state index in [2.05, 4.69) is 20.3 Å². The molecule has 8 heteroatoms. The van der Waals surface area contributed by atoms with Gasteiger partial charge in [-0.1, -0.05) is 12.1 Å². The van der Waals surface area contributed by atoms with Gasteiger partial charge >= 0.3 is 0 Å². The molecule has 0 radical (unpaired) electrons. The zero-order valence-corrected chi connectivity index (χ0v) is 18.4. The van der Waals surface area contributed by atoms with Crippen molar-refractivity contribution in [1.29, 1.82) is 0 Å². The van der Waals surface area contributed by atoms with Crippen LogP contribution in [0.15, 0.2) is 75.3 Å². The third-order valence-corrected chi connectivity index (χ3v) is 5.44. The Morgan fingerprint density at radius 3 is 2.50 bits per heavy atom. The van der Waals surface area contributed by atoms with Gasteiger partial charge in [0.25, 0.3) is 0 Å². The number of halogens is 1. The van der Waals surface area contributed by atoms with Crippen LogP contribution in [0.5, 0.6) is 0 Å². The number of oxazole rings is 1. The van der Waals surface area contributed by atoms with Gasteiger partial charge in [0.2, 0.25) is 5.91 Å². The van der Waals surface area contributed by atoms with Crippen LogP contribution < -0.4 is 5.32 Å². The van der Waals surface area contributed by atoms with Gasteiger partial charge in [0.1, 0.15) is 5.82 Å². The molecule has 0 saturated heterocycles. The quantitative estimate of drug-likeness (QED) is 0.370. The van der Waals surface area contributed by atoms with E-state index in [1.54, 1.807) is 18.2 Å². The highest BCUT2D eigenvalue weighted by atomic mass is 32.2. The number of rotatable bonds is 7. The van der Waals surface area contributed by atoms with Crippen LogP contribution in [-0.4, -0.2) is 20.9 Å². The van der Waals surface area contributed by atoms with E-state index in [4.69, 9.17) is 4.42 Å². The van der Waals surface area contributed by atoms with Crippen LogP contribution in [0.4, 0.5) is 10.1 Å². The molecule has 32 heavy (non-hydrogen) atoms. The smallest absolute Gasteiger partial charge is 0.224 e. The van der Waals surface area contributed by atoms with Gasteiger partial charge in [-0.2, -0.15) is 0 Å². The first-order chi connectivity index (χ1) is 15.5. The highest BCUT2D eigenvalue weighted by Crippen LogP contribution is 2.27. The molecule has 0 aliphatic carbocycles. The molecular weight excluding hydrogens is 427 g/mol. The summed E-state index contributed by atoms with van der Waals surface area (Å²) in [5, 5.41) is 3.55. The summed E-state index contributed by atoms with van der Waals surface area (Å²) in [6.07, 6.45) is 1.99. The number of carbonyl (C=O) groups excluding carboxylic acids is 1. The fourth-order valence-electron chi connectivity index (χ4n) is 3.11. The Kier molecular flexibility index (Phi) is 6.61. The highest BCUT2D eigenvalue weighted by Gasteiger charge is 2.12. The number of aromatic nitrogens is 3. The number of nitrogens with zero attached hydrogens (tertiary/aromatic N) is 3. The van der Waals surface area contributed by atoms with Gasteiger partial charge in [0.05, 0.1) is 11.8 Å². The maximum atomic E-state index is 13.9. The van der Waals surface area contributed by atoms with Gasteiger partial charge in [-0.25, -0.2) is 19.3 Å². The van der Waals surface area contributed by atoms with Gasteiger partial charge in [0.15, 0.2) is 16.8 Å². The molecule has 0 fully saturated rings. The van der Waals surface area contributed by atoms with Crippen molar-refractivity contribution in [2.24, 2.45) is 0 Å². The average molecular weight is 449 g/mol. The standard InChI is InChI=1S/C24H21FN4O2S/c1-15-13-16(2)28-24(27-15)32-18-9-7-17(8-10-18)29-22(30)11-12-23-26-14-21(31-23)19-5-3-4-6-20(19)25/h3-10,13-14H,11-12H2,1-2H3,(H,29,30). The van der Waals surface area contributed by atoms with Gasteiger partial charge in [0, 0.05) is 34.8 Å². The Bertz CT molecular complexity index is 1220. The lowest BCUT2D eigenvalue weighted by Crippen LogP contribution is -2.12. The molecule has 0 bridgehead atoms. The zero-order valence-electron chi connectivity index (χ0n) is 17.6. The maximum Gasteiger partial charge on any atom is 0.224 e. The molecule has 162 valence electrons. The molecule has 1 amide bonds. The van der Waals surface area contributed by atoms with Crippen LogP contribution in [0, 0.1) is 19.7 Å². The van der Waals surface area contributed by atoms with Crippen LogP contribution in [-0.2, 0) is 11.2 Å². The minimum Gasteiger partial charge on any atom is -0.441 e. The molecule has 2 aromatic heterocycles. The molecule has 0 aliphatic heterocycles. The Balaban J connectivity index is 1.30. The first-order valence-corrected chi connectivity index (χ1v) is 10.9. The number of anilines is 1. The average Bonchev–Trinajstić information content (AvgIpc) is 3.22. The Labute approximate surface area is 189 Å². The van der Waals surface area contributed by atoms with Crippen molar-refractivity contribution in [3.8, 4) is 11.3 Å². The van der Waals surface area contributed by atoms with Gasteiger partial charge in [-0.3, -0.25) is 4.79 Å². The molecule has 2 heterocycles. The SMILES string of the molecule is Cc1cc(C)nc(Sc2ccc(NC(=O)CCc3ncc(-c4ccccc4F)o3)cc2)n1. The lowest BCUT2D eigenvalue weighted by molar-refractivity contribution is -0.116. The monoisotopic (exact) mass is 448 g/mol.